The Hall–Kier alpha value is -1.27. The van der Waals surface area contributed by atoms with E-state index in [1.165, 1.54) is 13.3 Å². The number of rotatable bonds is 4. The van der Waals surface area contributed by atoms with Crippen molar-refractivity contribution in [1.29, 1.82) is 0 Å². The molecule has 1 aromatic rings. The van der Waals surface area contributed by atoms with E-state index >= 15 is 0 Å². The fourth-order valence-corrected chi connectivity index (χ4v) is 1.22. The molecule has 0 bridgehead atoms. The van der Waals surface area contributed by atoms with Crippen LogP contribution in [0, 0.1) is 0 Å². The number of hydrogen-bond donors (Lipinski definition) is 2. The maximum atomic E-state index is 9.02. The van der Waals surface area contributed by atoms with Crippen LogP contribution >= 0.6 is 0 Å². The minimum atomic E-state index is -1.58. The molecule has 1 aromatic heterocycles. The first-order valence-electron chi connectivity index (χ1n) is 4.77. The summed E-state index contributed by atoms with van der Waals surface area (Å²) in [6, 6.07) is 1.56. The summed E-state index contributed by atoms with van der Waals surface area (Å²) in [5.74, 6) is 0.828. The molecule has 0 radical (unpaired) electrons. The highest BCUT2D eigenvalue weighted by Gasteiger charge is 2.25. The van der Waals surface area contributed by atoms with Crippen LogP contribution in [0.25, 0.3) is 0 Å². The lowest BCUT2D eigenvalue weighted by Gasteiger charge is -2.09. The summed E-state index contributed by atoms with van der Waals surface area (Å²) in [4.78, 5) is 3.97. The van der Waals surface area contributed by atoms with Gasteiger partial charge in [-0.05, 0) is 12.8 Å². The van der Waals surface area contributed by atoms with E-state index in [9.17, 15) is 0 Å². The first-order valence-corrected chi connectivity index (χ1v) is 4.77. The molecule has 1 heterocycles. The second-order valence-corrected chi connectivity index (χ2v) is 3.46. The lowest BCUT2D eigenvalue weighted by molar-refractivity contribution is 0.288. The van der Waals surface area contributed by atoms with Crippen LogP contribution in [0.1, 0.15) is 12.8 Å². The van der Waals surface area contributed by atoms with Gasteiger partial charge in [-0.25, -0.2) is 4.98 Å². The van der Waals surface area contributed by atoms with Gasteiger partial charge in [-0.3, -0.25) is 0 Å². The highest BCUT2D eigenvalue weighted by atomic mass is 16.5. The summed E-state index contributed by atoms with van der Waals surface area (Å²) in [5.41, 5.74) is 0.237. The van der Waals surface area contributed by atoms with Crippen molar-refractivity contribution in [3.05, 3.63) is 12.3 Å². The molecule has 0 atom stereocenters. The van der Waals surface area contributed by atoms with Gasteiger partial charge in [-0.2, -0.15) is 0 Å². The van der Waals surface area contributed by atoms with Crippen LogP contribution < -0.4 is 14.9 Å². The Morgan fingerprint density at radius 1 is 1.47 bits per heavy atom. The molecule has 1 aliphatic carbocycles. The van der Waals surface area contributed by atoms with Crippen molar-refractivity contribution in [2.45, 2.75) is 18.9 Å². The van der Waals surface area contributed by atoms with E-state index < -0.39 is 7.12 Å². The van der Waals surface area contributed by atoms with Gasteiger partial charge in [0.1, 0.15) is 11.9 Å². The third-order valence-corrected chi connectivity index (χ3v) is 2.18. The second kappa shape index (κ2) is 4.08. The Morgan fingerprint density at radius 3 is 2.73 bits per heavy atom. The third-order valence-electron chi connectivity index (χ3n) is 2.18. The SMILES string of the molecule is COc1cc(OC2CC2)ncc1B(O)O. The standard InChI is InChI=1S/C9H12BNO4/c1-14-8-4-9(15-6-2-3-6)11-5-7(8)10(12)13/h4-6,12-13H,2-3H2,1H3. The van der Waals surface area contributed by atoms with E-state index in [1.807, 2.05) is 0 Å². The van der Waals surface area contributed by atoms with Crippen LogP contribution in [0.2, 0.25) is 0 Å². The molecule has 80 valence electrons. The van der Waals surface area contributed by atoms with Gasteiger partial charge in [-0.15, -0.1) is 0 Å². The third kappa shape index (κ3) is 2.40. The normalized spacial score (nSPS) is 14.9. The summed E-state index contributed by atoms with van der Waals surface area (Å²) in [6.45, 7) is 0. The molecule has 2 N–H and O–H groups in total. The predicted molar refractivity (Wildman–Crippen MR) is 54.3 cm³/mol. The molecule has 1 saturated carbocycles. The highest BCUT2D eigenvalue weighted by molar-refractivity contribution is 6.59. The van der Waals surface area contributed by atoms with Crippen molar-refractivity contribution in [1.82, 2.24) is 4.98 Å². The summed E-state index contributed by atoms with van der Waals surface area (Å²) in [6.07, 6.45) is 3.70. The minimum absolute atomic E-state index is 0.237. The Kier molecular flexibility index (Phi) is 2.79. The van der Waals surface area contributed by atoms with Crippen molar-refractivity contribution >= 4 is 12.6 Å². The molecule has 2 rings (SSSR count). The van der Waals surface area contributed by atoms with Crippen molar-refractivity contribution in [3.63, 3.8) is 0 Å². The van der Waals surface area contributed by atoms with Crippen molar-refractivity contribution in [2.24, 2.45) is 0 Å². The van der Waals surface area contributed by atoms with Gasteiger partial charge in [0, 0.05) is 17.7 Å². The molecule has 0 amide bonds. The van der Waals surface area contributed by atoms with Crippen LogP contribution in [0.4, 0.5) is 0 Å². The van der Waals surface area contributed by atoms with Gasteiger partial charge in [0.25, 0.3) is 0 Å². The van der Waals surface area contributed by atoms with E-state index in [0.717, 1.165) is 12.8 Å². The molecule has 0 unspecified atom stereocenters. The van der Waals surface area contributed by atoms with Gasteiger partial charge in [0.05, 0.1) is 7.11 Å². The molecule has 15 heavy (non-hydrogen) atoms. The van der Waals surface area contributed by atoms with Crippen LogP contribution in [0.15, 0.2) is 12.3 Å². The number of ether oxygens (including phenoxy) is 2. The first-order chi connectivity index (χ1) is 7.20. The molecular formula is C9H12BNO4. The molecule has 0 spiro atoms. The Labute approximate surface area is 87.8 Å². The van der Waals surface area contributed by atoms with Gasteiger partial charge in [-0.1, -0.05) is 0 Å². The molecule has 0 saturated heterocycles. The number of hydrogen-bond acceptors (Lipinski definition) is 5. The lowest BCUT2D eigenvalue weighted by atomic mass is 9.81. The van der Waals surface area contributed by atoms with Gasteiger partial charge >= 0.3 is 7.12 Å². The van der Waals surface area contributed by atoms with E-state index in [1.54, 1.807) is 6.07 Å². The van der Waals surface area contributed by atoms with E-state index in [2.05, 4.69) is 4.98 Å². The molecule has 0 aromatic carbocycles. The van der Waals surface area contributed by atoms with Crippen LogP contribution in [-0.4, -0.2) is 35.4 Å². The molecule has 1 fully saturated rings. The Balaban J connectivity index is 2.20. The molecule has 0 aliphatic heterocycles. The van der Waals surface area contributed by atoms with Crippen molar-refractivity contribution < 1.29 is 19.5 Å². The monoisotopic (exact) mass is 209 g/mol. The Bertz CT molecular complexity index is 354. The summed E-state index contributed by atoms with van der Waals surface area (Å²) in [7, 11) is -0.121. The topological polar surface area (TPSA) is 71.8 Å². The predicted octanol–water partition coefficient (Wildman–Crippen LogP) is -0.689. The van der Waals surface area contributed by atoms with Gasteiger partial charge in [0.2, 0.25) is 5.88 Å². The van der Waals surface area contributed by atoms with Crippen molar-refractivity contribution in [2.75, 3.05) is 7.11 Å². The van der Waals surface area contributed by atoms with Crippen molar-refractivity contribution in [3.8, 4) is 11.6 Å². The number of methoxy groups -OCH3 is 1. The number of pyridine rings is 1. The maximum Gasteiger partial charge on any atom is 0.493 e. The van der Waals surface area contributed by atoms with Crippen LogP contribution in [0.5, 0.6) is 11.6 Å². The first kappa shape index (κ1) is 10.3. The maximum absolute atomic E-state index is 9.02. The molecule has 1 aliphatic rings. The number of nitrogens with zero attached hydrogens (tertiary/aromatic N) is 1. The molecule has 6 heteroatoms. The largest absolute Gasteiger partial charge is 0.497 e. The highest BCUT2D eigenvalue weighted by Crippen LogP contribution is 2.26. The summed E-state index contributed by atoms with van der Waals surface area (Å²) in [5, 5.41) is 18.0. The van der Waals surface area contributed by atoms with Gasteiger partial charge in [0.15, 0.2) is 0 Å². The van der Waals surface area contributed by atoms with E-state index in [-0.39, 0.29) is 11.6 Å². The molecule has 5 nitrogen and oxygen atoms in total. The molecular weight excluding hydrogens is 197 g/mol. The second-order valence-electron chi connectivity index (χ2n) is 3.46. The summed E-state index contributed by atoms with van der Waals surface area (Å²) >= 11 is 0. The zero-order valence-electron chi connectivity index (χ0n) is 8.38. The zero-order chi connectivity index (χ0) is 10.8. The fourth-order valence-electron chi connectivity index (χ4n) is 1.22. The minimum Gasteiger partial charge on any atom is -0.497 e. The lowest BCUT2D eigenvalue weighted by Crippen LogP contribution is -2.31. The van der Waals surface area contributed by atoms with E-state index in [4.69, 9.17) is 19.5 Å². The average Bonchev–Trinajstić information content (AvgIpc) is 3.01. The fraction of sp³-hybridized carbons (Fsp3) is 0.444. The average molecular weight is 209 g/mol. The number of aromatic nitrogens is 1. The zero-order valence-corrected chi connectivity index (χ0v) is 8.38. The Morgan fingerprint density at radius 2 is 2.20 bits per heavy atom. The quantitative estimate of drug-likeness (QED) is 0.642. The smallest absolute Gasteiger partial charge is 0.493 e. The summed E-state index contributed by atoms with van der Waals surface area (Å²) < 4.78 is 10.5. The van der Waals surface area contributed by atoms with Crippen LogP contribution in [-0.2, 0) is 0 Å². The van der Waals surface area contributed by atoms with Gasteiger partial charge < -0.3 is 19.5 Å². The van der Waals surface area contributed by atoms with E-state index in [0.29, 0.717) is 11.6 Å². The van der Waals surface area contributed by atoms with Crippen LogP contribution in [0.3, 0.4) is 0 Å².